The quantitative estimate of drug-likeness (QED) is 0.868. The van der Waals surface area contributed by atoms with Crippen LogP contribution in [0.1, 0.15) is 51.7 Å². The third-order valence-electron chi connectivity index (χ3n) is 3.33. The van der Waals surface area contributed by atoms with Gasteiger partial charge < -0.3 is 14.6 Å². The van der Waals surface area contributed by atoms with Crippen molar-refractivity contribution in [2.75, 3.05) is 13.2 Å². The molecule has 1 aromatic rings. The molecule has 0 amide bonds. The molecule has 2 atom stereocenters. The lowest BCUT2D eigenvalue weighted by Crippen LogP contribution is -2.24. The molecular weight excluding hydrogens is 218 g/mol. The molecule has 5 heteroatoms. The van der Waals surface area contributed by atoms with Crippen molar-refractivity contribution in [3.8, 4) is 0 Å². The third kappa shape index (κ3) is 2.50. The van der Waals surface area contributed by atoms with E-state index < -0.39 is 5.60 Å². The monoisotopic (exact) mass is 239 g/mol. The molecule has 17 heavy (non-hydrogen) atoms. The lowest BCUT2D eigenvalue weighted by molar-refractivity contribution is -0.0221. The van der Waals surface area contributed by atoms with Crippen LogP contribution < -0.4 is 5.32 Å². The second kappa shape index (κ2) is 4.74. The van der Waals surface area contributed by atoms with Gasteiger partial charge in [0.15, 0.2) is 0 Å². The molecule has 1 fully saturated rings. The van der Waals surface area contributed by atoms with E-state index in [1.54, 1.807) is 0 Å². The Morgan fingerprint density at radius 2 is 2.29 bits per heavy atom. The molecule has 1 saturated heterocycles. The molecule has 0 radical (unpaired) electrons. The summed E-state index contributed by atoms with van der Waals surface area (Å²) in [5.74, 6) is 1.69. The standard InChI is InChI=1S/C12H21N3O2/c1-5-16-12(3,4)11-14-10(17-15-11)9-6-7-13-8(9)2/h8-9,13H,5-7H2,1-4H3. The number of nitrogens with zero attached hydrogens (tertiary/aromatic N) is 2. The molecule has 0 spiro atoms. The summed E-state index contributed by atoms with van der Waals surface area (Å²) >= 11 is 0. The minimum Gasteiger partial charge on any atom is -0.368 e. The van der Waals surface area contributed by atoms with Crippen molar-refractivity contribution in [3.05, 3.63) is 11.7 Å². The second-order valence-electron chi connectivity index (χ2n) is 5.04. The first-order valence-electron chi connectivity index (χ1n) is 6.26. The summed E-state index contributed by atoms with van der Waals surface area (Å²) in [6, 6.07) is 0.401. The smallest absolute Gasteiger partial charge is 0.231 e. The highest BCUT2D eigenvalue weighted by molar-refractivity contribution is 5.05. The number of rotatable bonds is 4. The zero-order chi connectivity index (χ0) is 12.5. The summed E-state index contributed by atoms with van der Waals surface area (Å²) in [4.78, 5) is 4.49. The summed E-state index contributed by atoms with van der Waals surface area (Å²) in [6.07, 6.45) is 1.05. The van der Waals surface area contributed by atoms with Gasteiger partial charge in [-0.15, -0.1) is 0 Å². The van der Waals surface area contributed by atoms with Crippen LogP contribution in [0, 0.1) is 0 Å². The largest absolute Gasteiger partial charge is 0.368 e. The van der Waals surface area contributed by atoms with Gasteiger partial charge >= 0.3 is 0 Å². The van der Waals surface area contributed by atoms with Gasteiger partial charge in [0.25, 0.3) is 0 Å². The Morgan fingerprint density at radius 3 is 2.88 bits per heavy atom. The highest BCUT2D eigenvalue weighted by atomic mass is 16.5. The number of hydrogen-bond donors (Lipinski definition) is 1. The molecule has 0 aromatic carbocycles. The molecule has 1 N–H and O–H groups in total. The summed E-state index contributed by atoms with van der Waals surface area (Å²) in [5, 5.41) is 7.43. The fraction of sp³-hybridized carbons (Fsp3) is 0.833. The fourth-order valence-corrected chi connectivity index (χ4v) is 2.25. The zero-order valence-electron chi connectivity index (χ0n) is 11.0. The van der Waals surface area contributed by atoms with Crippen molar-refractivity contribution < 1.29 is 9.26 Å². The minimum absolute atomic E-state index is 0.327. The molecule has 1 aliphatic rings. The summed E-state index contributed by atoms with van der Waals surface area (Å²) in [6.45, 7) is 9.68. The first kappa shape index (κ1) is 12.5. The van der Waals surface area contributed by atoms with Gasteiger partial charge in [-0.3, -0.25) is 0 Å². The highest BCUT2D eigenvalue weighted by Gasteiger charge is 2.33. The Hall–Kier alpha value is -0.940. The molecule has 0 saturated carbocycles. The van der Waals surface area contributed by atoms with Gasteiger partial charge in [-0.1, -0.05) is 5.16 Å². The van der Waals surface area contributed by atoms with Crippen molar-refractivity contribution in [3.63, 3.8) is 0 Å². The van der Waals surface area contributed by atoms with Gasteiger partial charge in [-0.25, -0.2) is 0 Å². The molecule has 1 aliphatic heterocycles. The average Bonchev–Trinajstić information content (AvgIpc) is 2.85. The first-order chi connectivity index (χ1) is 8.04. The fourth-order valence-electron chi connectivity index (χ4n) is 2.25. The average molecular weight is 239 g/mol. The van der Waals surface area contributed by atoms with E-state index in [4.69, 9.17) is 9.26 Å². The Bertz CT molecular complexity index is 376. The highest BCUT2D eigenvalue weighted by Crippen LogP contribution is 2.29. The third-order valence-corrected chi connectivity index (χ3v) is 3.33. The molecule has 0 bridgehead atoms. The topological polar surface area (TPSA) is 60.2 Å². The number of hydrogen-bond acceptors (Lipinski definition) is 5. The van der Waals surface area contributed by atoms with Gasteiger partial charge in [0.2, 0.25) is 11.7 Å². The van der Waals surface area contributed by atoms with E-state index in [2.05, 4.69) is 22.4 Å². The molecule has 2 rings (SSSR count). The maximum atomic E-state index is 5.62. The maximum absolute atomic E-state index is 5.62. The van der Waals surface area contributed by atoms with E-state index in [0.717, 1.165) is 18.9 Å². The Kier molecular flexibility index (Phi) is 3.49. The van der Waals surface area contributed by atoms with Crippen LogP contribution in [0.2, 0.25) is 0 Å². The Morgan fingerprint density at radius 1 is 1.53 bits per heavy atom. The van der Waals surface area contributed by atoms with Crippen LogP contribution in [-0.2, 0) is 10.3 Å². The van der Waals surface area contributed by atoms with E-state index in [0.29, 0.717) is 24.4 Å². The predicted molar refractivity (Wildman–Crippen MR) is 63.8 cm³/mol. The SMILES string of the molecule is CCOC(C)(C)c1noc(C2CCNC2C)n1. The molecule has 2 unspecified atom stereocenters. The molecule has 96 valence electrons. The van der Waals surface area contributed by atoms with Crippen molar-refractivity contribution in [2.45, 2.75) is 51.7 Å². The van der Waals surface area contributed by atoms with Gasteiger partial charge in [0, 0.05) is 12.6 Å². The van der Waals surface area contributed by atoms with E-state index >= 15 is 0 Å². The second-order valence-corrected chi connectivity index (χ2v) is 5.04. The van der Waals surface area contributed by atoms with Crippen LogP contribution in [0.4, 0.5) is 0 Å². The summed E-state index contributed by atoms with van der Waals surface area (Å²) in [7, 11) is 0. The summed E-state index contributed by atoms with van der Waals surface area (Å²) in [5.41, 5.74) is -0.480. The van der Waals surface area contributed by atoms with Crippen LogP contribution in [-0.4, -0.2) is 29.3 Å². The van der Waals surface area contributed by atoms with Gasteiger partial charge in [-0.05, 0) is 40.7 Å². The lowest BCUT2D eigenvalue weighted by atomic mass is 10.0. The minimum atomic E-state index is -0.480. The Labute approximate surface area is 102 Å². The number of nitrogens with one attached hydrogen (secondary N) is 1. The predicted octanol–water partition coefficient (Wildman–Crippen LogP) is 1.81. The first-order valence-corrected chi connectivity index (χ1v) is 6.26. The van der Waals surface area contributed by atoms with Crippen molar-refractivity contribution in [1.82, 2.24) is 15.5 Å². The normalized spacial score (nSPS) is 25.4. The van der Waals surface area contributed by atoms with Crippen LogP contribution >= 0.6 is 0 Å². The van der Waals surface area contributed by atoms with E-state index in [-0.39, 0.29) is 0 Å². The van der Waals surface area contributed by atoms with Gasteiger partial charge in [-0.2, -0.15) is 4.98 Å². The number of aromatic nitrogens is 2. The van der Waals surface area contributed by atoms with Crippen molar-refractivity contribution in [1.29, 1.82) is 0 Å². The maximum Gasteiger partial charge on any atom is 0.231 e. The van der Waals surface area contributed by atoms with Crippen LogP contribution in [0.5, 0.6) is 0 Å². The molecule has 5 nitrogen and oxygen atoms in total. The number of ether oxygens (including phenoxy) is 1. The molecular formula is C12H21N3O2. The van der Waals surface area contributed by atoms with Crippen LogP contribution in [0.3, 0.4) is 0 Å². The van der Waals surface area contributed by atoms with E-state index in [1.165, 1.54) is 0 Å². The molecule has 2 heterocycles. The van der Waals surface area contributed by atoms with Crippen molar-refractivity contribution in [2.24, 2.45) is 0 Å². The zero-order valence-corrected chi connectivity index (χ0v) is 11.0. The Balaban J connectivity index is 2.15. The van der Waals surface area contributed by atoms with Gasteiger partial charge in [0.1, 0.15) is 5.60 Å². The van der Waals surface area contributed by atoms with Crippen molar-refractivity contribution >= 4 is 0 Å². The molecule has 1 aromatic heterocycles. The van der Waals surface area contributed by atoms with E-state index in [1.807, 2.05) is 20.8 Å². The van der Waals surface area contributed by atoms with Crippen LogP contribution in [0.15, 0.2) is 4.52 Å². The van der Waals surface area contributed by atoms with Crippen LogP contribution in [0.25, 0.3) is 0 Å². The molecule has 0 aliphatic carbocycles. The summed E-state index contributed by atoms with van der Waals surface area (Å²) < 4.78 is 11.0. The van der Waals surface area contributed by atoms with E-state index in [9.17, 15) is 0 Å². The lowest BCUT2D eigenvalue weighted by Gasteiger charge is -2.19. The van der Waals surface area contributed by atoms with Gasteiger partial charge in [0.05, 0.1) is 5.92 Å².